The molecule has 0 aliphatic carbocycles. The van der Waals surface area contributed by atoms with Crippen molar-refractivity contribution >= 4 is 37.4 Å². The minimum absolute atomic E-state index is 0.0696. The zero-order chi connectivity index (χ0) is 17.0. The standard InChI is InChI=1S/C13H19FN4O4S/c14-18(8-20)12(22)15-10(7-19)5-9-6-13(16-11(9)21)1-3-17(23)4-2-13/h7-10,23H,1-6H2,(H,15,22)(H,16,21). The van der Waals surface area contributed by atoms with E-state index in [-0.39, 0.29) is 24.3 Å². The maximum Gasteiger partial charge on any atom is 0.353 e. The minimum atomic E-state index is -1.33. The highest BCUT2D eigenvalue weighted by molar-refractivity contribution is 7.77. The van der Waals surface area contributed by atoms with Gasteiger partial charge in [-0.05, 0) is 25.7 Å². The first-order chi connectivity index (χ1) is 10.9. The van der Waals surface area contributed by atoms with E-state index in [9.17, 15) is 23.7 Å². The first-order valence-electron chi connectivity index (χ1n) is 7.31. The average Bonchev–Trinajstić information content (AvgIpc) is 2.84. The highest BCUT2D eigenvalue weighted by Gasteiger charge is 2.45. The Hall–Kier alpha value is -1.68. The normalized spacial score (nSPS) is 24.8. The molecule has 0 aromatic rings. The van der Waals surface area contributed by atoms with E-state index in [1.807, 2.05) is 4.31 Å². The van der Waals surface area contributed by atoms with Crippen LogP contribution in [0.1, 0.15) is 25.7 Å². The molecule has 2 aliphatic heterocycles. The molecule has 0 aromatic carbocycles. The zero-order valence-electron chi connectivity index (χ0n) is 12.4. The molecular formula is C13H19FN4O4S. The predicted octanol–water partition coefficient (Wildman–Crippen LogP) is -0.188. The quantitative estimate of drug-likeness (QED) is 0.364. The van der Waals surface area contributed by atoms with E-state index in [0.717, 1.165) is 25.9 Å². The Balaban J connectivity index is 1.93. The SMILES string of the molecule is O=CC(CC1CC2(CCN(S)CC2)NC1=O)NC(=O)N(F)C=O. The maximum absolute atomic E-state index is 12.8. The molecule has 2 atom stereocenters. The van der Waals surface area contributed by atoms with Gasteiger partial charge >= 0.3 is 6.03 Å². The molecule has 128 valence electrons. The van der Waals surface area contributed by atoms with Crippen molar-refractivity contribution in [2.45, 2.75) is 37.3 Å². The summed E-state index contributed by atoms with van der Waals surface area (Å²) in [6, 6.07) is -2.36. The van der Waals surface area contributed by atoms with Crippen molar-refractivity contribution in [3.05, 3.63) is 0 Å². The summed E-state index contributed by atoms with van der Waals surface area (Å²) in [4.78, 5) is 44.6. The molecular weight excluding hydrogens is 327 g/mol. The van der Waals surface area contributed by atoms with Crippen LogP contribution in [0, 0.1) is 5.92 Å². The number of urea groups is 1. The lowest BCUT2D eigenvalue weighted by Gasteiger charge is -2.37. The third-order valence-electron chi connectivity index (χ3n) is 4.39. The molecule has 2 fully saturated rings. The third-order valence-corrected chi connectivity index (χ3v) is 4.79. The highest BCUT2D eigenvalue weighted by Crippen LogP contribution is 2.36. The van der Waals surface area contributed by atoms with Crippen LogP contribution in [0.2, 0.25) is 0 Å². The summed E-state index contributed by atoms with van der Waals surface area (Å²) in [5.74, 6) is -0.618. The summed E-state index contributed by atoms with van der Waals surface area (Å²) in [6.07, 6.45) is 2.28. The van der Waals surface area contributed by atoms with E-state index < -0.39 is 23.1 Å². The van der Waals surface area contributed by atoms with Gasteiger partial charge in [-0.3, -0.25) is 13.9 Å². The van der Waals surface area contributed by atoms with Gasteiger partial charge in [-0.15, -0.1) is 0 Å². The number of carbonyl (C=O) groups is 4. The summed E-state index contributed by atoms with van der Waals surface area (Å²) in [5, 5.41) is 4.38. The Morgan fingerprint density at radius 1 is 1.52 bits per heavy atom. The molecule has 23 heavy (non-hydrogen) atoms. The molecule has 2 N–H and O–H groups in total. The van der Waals surface area contributed by atoms with Crippen LogP contribution in [0.4, 0.5) is 9.28 Å². The third kappa shape index (κ3) is 4.20. The van der Waals surface area contributed by atoms with Crippen LogP contribution in [-0.4, -0.2) is 58.7 Å². The van der Waals surface area contributed by atoms with E-state index in [0.29, 0.717) is 12.7 Å². The van der Waals surface area contributed by atoms with Crippen molar-refractivity contribution in [1.82, 2.24) is 20.1 Å². The van der Waals surface area contributed by atoms with Gasteiger partial charge in [0.1, 0.15) is 6.29 Å². The number of hydrogen-bond acceptors (Lipinski definition) is 6. The summed E-state index contributed by atoms with van der Waals surface area (Å²) >= 11 is 4.28. The van der Waals surface area contributed by atoms with E-state index in [4.69, 9.17) is 0 Å². The van der Waals surface area contributed by atoms with Crippen molar-refractivity contribution in [2.24, 2.45) is 5.92 Å². The predicted molar refractivity (Wildman–Crippen MR) is 80.8 cm³/mol. The number of nitrogens with one attached hydrogen (secondary N) is 2. The van der Waals surface area contributed by atoms with Crippen LogP contribution >= 0.6 is 12.8 Å². The van der Waals surface area contributed by atoms with Crippen molar-refractivity contribution in [3.63, 3.8) is 0 Å². The fourth-order valence-electron chi connectivity index (χ4n) is 3.14. The Labute approximate surface area is 138 Å². The van der Waals surface area contributed by atoms with Gasteiger partial charge in [0.15, 0.2) is 0 Å². The molecule has 0 aromatic heterocycles. The monoisotopic (exact) mass is 346 g/mol. The number of halogens is 1. The van der Waals surface area contributed by atoms with Crippen LogP contribution in [0.15, 0.2) is 0 Å². The van der Waals surface area contributed by atoms with Gasteiger partial charge < -0.3 is 15.4 Å². The summed E-state index contributed by atoms with van der Waals surface area (Å²) in [7, 11) is 0. The number of hydrogen-bond donors (Lipinski definition) is 3. The smallest absolute Gasteiger partial charge is 0.350 e. The number of thiol groups is 1. The molecule has 2 saturated heterocycles. The van der Waals surface area contributed by atoms with Crippen LogP contribution < -0.4 is 10.6 Å². The Bertz CT molecular complexity index is 498. The summed E-state index contributed by atoms with van der Waals surface area (Å²) in [6.45, 7) is 1.50. The zero-order valence-corrected chi connectivity index (χ0v) is 13.3. The number of imide groups is 1. The Kier molecular flexibility index (Phi) is 5.58. The lowest BCUT2D eigenvalue weighted by Crippen LogP contribution is -2.48. The first-order valence-corrected chi connectivity index (χ1v) is 7.71. The van der Waals surface area contributed by atoms with E-state index >= 15 is 0 Å². The molecule has 10 heteroatoms. The van der Waals surface area contributed by atoms with Gasteiger partial charge in [0, 0.05) is 24.5 Å². The topological polar surface area (TPSA) is 98.8 Å². The fourth-order valence-corrected chi connectivity index (χ4v) is 3.34. The minimum Gasteiger partial charge on any atom is -0.350 e. The second kappa shape index (κ2) is 7.26. The summed E-state index contributed by atoms with van der Waals surface area (Å²) < 4.78 is 14.7. The van der Waals surface area contributed by atoms with Crippen molar-refractivity contribution in [1.29, 1.82) is 0 Å². The van der Waals surface area contributed by atoms with E-state index in [1.165, 1.54) is 0 Å². The van der Waals surface area contributed by atoms with Crippen LogP contribution in [0.25, 0.3) is 0 Å². The number of aldehydes is 1. The fraction of sp³-hybridized carbons (Fsp3) is 0.692. The molecule has 4 amide bonds. The molecule has 0 bridgehead atoms. The van der Waals surface area contributed by atoms with Gasteiger partial charge in [0.05, 0.1) is 6.04 Å². The molecule has 1 spiro atoms. The maximum atomic E-state index is 12.8. The van der Waals surface area contributed by atoms with Gasteiger partial charge in [-0.25, -0.2) is 4.79 Å². The molecule has 2 heterocycles. The van der Waals surface area contributed by atoms with Gasteiger partial charge in [-0.2, -0.15) is 0 Å². The van der Waals surface area contributed by atoms with Crippen molar-refractivity contribution in [2.75, 3.05) is 13.1 Å². The van der Waals surface area contributed by atoms with Gasteiger partial charge in [0.2, 0.25) is 12.3 Å². The molecule has 0 radical (unpaired) electrons. The lowest BCUT2D eigenvalue weighted by atomic mass is 9.83. The van der Waals surface area contributed by atoms with E-state index in [2.05, 4.69) is 23.4 Å². The first kappa shape index (κ1) is 17.7. The van der Waals surface area contributed by atoms with Gasteiger partial charge in [0.25, 0.3) is 0 Å². The number of nitrogens with zero attached hydrogens (tertiary/aromatic N) is 2. The molecule has 2 unspecified atom stereocenters. The molecule has 2 aliphatic rings. The number of rotatable bonds is 5. The second-order valence-corrected chi connectivity index (χ2v) is 6.53. The Morgan fingerprint density at radius 3 is 2.74 bits per heavy atom. The largest absolute Gasteiger partial charge is 0.353 e. The number of carbonyl (C=O) groups excluding carboxylic acids is 4. The van der Waals surface area contributed by atoms with E-state index in [1.54, 1.807) is 0 Å². The lowest BCUT2D eigenvalue weighted by molar-refractivity contribution is -0.126. The molecule has 0 saturated carbocycles. The van der Waals surface area contributed by atoms with Crippen molar-refractivity contribution in [3.8, 4) is 0 Å². The molecule has 2 rings (SSSR count). The second-order valence-electron chi connectivity index (χ2n) is 5.97. The average molecular weight is 346 g/mol. The highest BCUT2D eigenvalue weighted by atomic mass is 32.1. The van der Waals surface area contributed by atoms with Crippen molar-refractivity contribution < 1.29 is 23.7 Å². The van der Waals surface area contributed by atoms with Crippen LogP contribution in [-0.2, 0) is 14.4 Å². The Morgan fingerprint density at radius 2 is 2.17 bits per heavy atom. The van der Waals surface area contributed by atoms with Gasteiger partial charge in [-0.1, -0.05) is 22.4 Å². The van der Waals surface area contributed by atoms with Crippen LogP contribution in [0.5, 0.6) is 0 Å². The number of amides is 4. The van der Waals surface area contributed by atoms with Crippen LogP contribution in [0.3, 0.4) is 0 Å². The molecule has 8 nitrogen and oxygen atoms in total. The summed E-state index contributed by atoms with van der Waals surface area (Å²) in [5.41, 5.74) is -0.298. The number of piperidine rings is 1.